The average molecular weight is 232 g/mol. The maximum absolute atomic E-state index is 13.5. The molecule has 0 amide bonds. The summed E-state index contributed by atoms with van der Waals surface area (Å²) in [5.74, 6) is 0.382. The molecule has 2 aromatic heterocycles. The van der Waals surface area contributed by atoms with Crippen LogP contribution in [0.3, 0.4) is 0 Å². The highest BCUT2D eigenvalue weighted by Crippen LogP contribution is 2.14. The topological polar surface area (TPSA) is 50.7 Å². The van der Waals surface area contributed by atoms with E-state index < -0.39 is 5.82 Å². The quantitative estimate of drug-likeness (QED) is 0.878. The van der Waals surface area contributed by atoms with E-state index in [0.29, 0.717) is 17.9 Å². The third kappa shape index (κ3) is 2.55. The number of aryl methyl sites for hydroxylation is 1. The largest absolute Gasteiger partial charge is 0.371 e. The summed E-state index contributed by atoms with van der Waals surface area (Å²) in [6.45, 7) is 1.62. The number of nitrogens with one attached hydrogen (secondary N) is 1. The van der Waals surface area contributed by atoms with Gasteiger partial charge in [0.15, 0.2) is 11.6 Å². The van der Waals surface area contributed by atoms with Crippen LogP contribution in [-0.4, -0.2) is 22.0 Å². The summed E-state index contributed by atoms with van der Waals surface area (Å²) in [4.78, 5) is 12.4. The highest BCUT2D eigenvalue weighted by Gasteiger charge is 2.10. The van der Waals surface area contributed by atoms with Crippen LogP contribution in [0.1, 0.15) is 17.2 Å². The molecule has 0 bridgehead atoms. The lowest BCUT2D eigenvalue weighted by molar-refractivity contribution is 0.602. The van der Waals surface area contributed by atoms with Crippen molar-refractivity contribution in [2.45, 2.75) is 13.3 Å². The lowest BCUT2D eigenvalue weighted by atomic mass is 10.2. The second-order valence-electron chi connectivity index (χ2n) is 3.64. The minimum Gasteiger partial charge on any atom is -0.371 e. The van der Waals surface area contributed by atoms with Crippen LogP contribution < -0.4 is 5.32 Å². The first-order valence-corrected chi connectivity index (χ1v) is 5.31. The van der Waals surface area contributed by atoms with Gasteiger partial charge in [0.05, 0.1) is 12.1 Å². The lowest BCUT2D eigenvalue weighted by Gasteiger charge is -2.06. The number of pyridine rings is 1. The summed E-state index contributed by atoms with van der Waals surface area (Å²) in [7, 11) is 1.63. The van der Waals surface area contributed by atoms with Gasteiger partial charge in [-0.3, -0.25) is 4.98 Å². The Balaban J connectivity index is 2.31. The minimum absolute atomic E-state index is 0.225. The number of hydrogen-bond acceptors (Lipinski definition) is 4. The summed E-state index contributed by atoms with van der Waals surface area (Å²) in [5, 5.41) is 2.72. The van der Waals surface area contributed by atoms with Crippen LogP contribution in [0.4, 0.5) is 10.2 Å². The molecule has 17 heavy (non-hydrogen) atoms. The van der Waals surface area contributed by atoms with E-state index in [1.165, 1.54) is 0 Å². The van der Waals surface area contributed by atoms with Crippen molar-refractivity contribution in [3.63, 3.8) is 0 Å². The Hall–Kier alpha value is -2.04. The molecular weight excluding hydrogens is 219 g/mol. The van der Waals surface area contributed by atoms with Crippen molar-refractivity contribution in [3.05, 3.63) is 47.4 Å². The standard InChI is InChI=1S/C12H13FN4/c1-8-11(13)12(14-2)17-10(16-8)7-9-5-3-4-6-15-9/h3-6H,7H2,1-2H3,(H,14,16,17). The van der Waals surface area contributed by atoms with Gasteiger partial charge in [0.2, 0.25) is 0 Å². The van der Waals surface area contributed by atoms with Crippen LogP contribution >= 0.6 is 0 Å². The molecule has 4 nitrogen and oxygen atoms in total. The molecule has 0 saturated carbocycles. The van der Waals surface area contributed by atoms with Crippen LogP contribution in [0.2, 0.25) is 0 Å². The second kappa shape index (κ2) is 4.86. The van der Waals surface area contributed by atoms with Gasteiger partial charge in [-0.1, -0.05) is 6.07 Å². The Morgan fingerprint density at radius 2 is 2.12 bits per heavy atom. The summed E-state index contributed by atoms with van der Waals surface area (Å²) in [5.41, 5.74) is 1.20. The molecule has 0 saturated heterocycles. The van der Waals surface area contributed by atoms with E-state index in [2.05, 4.69) is 20.3 Å². The molecule has 2 rings (SSSR count). The summed E-state index contributed by atoms with van der Waals surface area (Å²) < 4.78 is 13.5. The van der Waals surface area contributed by atoms with Gasteiger partial charge in [0.1, 0.15) is 5.82 Å². The molecule has 0 radical (unpaired) electrons. The molecule has 0 fully saturated rings. The molecule has 0 atom stereocenters. The van der Waals surface area contributed by atoms with Gasteiger partial charge in [-0.15, -0.1) is 0 Å². The predicted molar refractivity (Wildman–Crippen MR) is 63.3 cm³/mol. The number of hydrogen-bond donors (Lipinski definition) is 1. The lowest BCUT2D eigenvalue weighted by Crippen LogP contribution is -2.07. The van der Waals surface area contributed by atoms with Crippen molar-refractivity contribution in [2.24, 2.45) is 0 Å². The van der Waals surface area contributed by atoms with Gasteiger partial charge < -0.3 is 5.32 Å². The van der Waals surface area contributed by atoms with Crippen LogP contribution in [0.5, 0.6) is 0 Å². The van der Waals surface area contributed by atoms with E-state index in [4.69, 9.17) is 0 Å². The number of anilines is 1. The van der Waals surface area contributed by atoms with E-state index in [0.717, 1.165) is 5.69 Å². The van der Waals surface area contributed by atoms with Gasteiger partial charge in [-0.2, -0.15) is 0 Å². The van der Waals surface area contributed by atoms with Gasteiger partial charge in [0.25, 0.3) is 0 Å². The SMILES string of the molecule is CNc1nc(Cc2ccccn2)nc(C)c1F. The first-order chi connectivity index (χ1) is 8.20. The third-order valence-electron chi connectivity index (χ3n) is 2.37. The van der Waals surface area contributed by atoms with Crippen molar-refractivity contribution < 1.29 is 4.39 Å². The molecule has 5 heteroatoms. The molecule has 1 N–H and O–H groups in total. The maximum atomic E-state index is 13.5. The molecule has 0 aliphatic rings. The third-order valence-corrected chi connectivity index (χ3v) is 2.37. The first kappa shape index (κ1) is 11.4. The second-order valence-corrected chi connectivity index (χ2v) is 3.64. The van der Waals surface area contributed by atoms with E-state index in [-0.39, 0.29) is 5.82 Å². The predicted octanol–water partition coefficient (Wildman–Crippen LogP) is 1.95. The molecule has 0 aromatic carbocycles. The highest BCUT2D eigenvalue weighted by atomic mass is 19.1. The number of halogens is 1. The number of rotatable bonds is 3. The first-order valence-electron chi connectivity index (χ1n) is 5.31. The molecule has 0 aliphatic heterocycles. The van der Waals surface area contributed by atoms with Crippen LogP contribution in [0.25, 0.3) is 0 Å². The monoisotopic (exact) mass is 232 g/mol. The average Bonchev–Trinajstić information content (AvgIpc) is 2.35. The van der Waals surface area contributed by atoms with E-state index >= 15 is 0 Å². The van der Waals surface area contributed by atoms with Crippen molar-refractivity contribution in [1.82, 2.24) is 15.0 Å². The van der Waals surface area contributed by atoms with Crippen molar-refractivity contribution in [1.29, 1.82) is 0 Å². The number of nitrogens with zero attached hydrogens (tertiary/aromatic N) is 3. The highest BCUT2D eigenvalue weighted by molar-refractivity contribution is 5.37. The zero-order chi connectivity index (χ0) is 12.3. The Morgan fingerprint density at radius 3 is 2.76 bits per heavy atom. The van der Waals surface area contributed by atoms with Gasteiger partial charge >= 0.3 is 0 Å². The van der Waals surface area contributed by atoms with Gasteiger partial charge in [0, 0.05) is 18.9 Å². The molecule has 0 aliphatic carbocycles. The normalized spacial score (nSPS) is 10.3. The van der Waals surface area contributed by atoms with Crippen molar-refractivity contribution in [3.8, 4) is 0 Å². The summed E-state index contributed by atoms with van der Waals surface area (Å²) in [6, 6.07) is 5.64. The zero-order valence-electron chi connectivity index (χ0n) is 9.74. The Kier molecular flexibility index (Phi) is 3.27. The summed E-state index contributed by atoms with van der Waals surface area (Å²) in [6.07, 6.45) is 2.21. The maximum Gasteiger partial charge on any atom is 0.186 e. The molecule has 2 heterocycles. The molecule has 2 aromatic rings. The van der Waals surface area contributed by atoms with Gasteiger partial charge in [-0.05, 0) is 19.1 Å². The fourth-order valence-electron chi connectivity index (χ4n) is 1.53. The van der Waals surface area contributed by atoms with E-state index in [1.807, 2.05) is 18.2 Å². The number of aromatic nitrogens is 3. The zero-order valence-corrected chi connectivity index (χ0v) is 9.74. The van der Waals surface area contributed by atoms with Crippen LogP contribution in [-0.2, 0) is 6.42 Å². The van der Waals surface area contributed by atoms with Crippen LogP contribution in [0.15, 0.2) is 24.4 Å². The Morgan fingerprint density at radius 1 is 1.29 bits per heavy atom. The Bertz CT molecular complexity index is 513. The molecular formula is C12H13FN4. The molecule has 0 spiro atoms. The van der Waals surface area contributed by atoms with E-state index in [9.17, 15) is 4.39 Å². The molecule has 0 unspecified atom stereocenters. The summed E-state index contributed by atoms with van der Waals surface area (Å²) >= 11 is 0. The van der Waals surface area contributed by atoms with Crippen molar-refractivity contribution >= 4 is 5.82 Å². The minimum atomic E-state index is -0.405. The smallest absolute Gasteiger partial charge is 0.186 e. The van der Waals surface area contributed by atoms with Gasteiger partial charge in [-0.25, -0.2) is 14.4 Å². The Labute approximate surface area is 99.0 Å². The van der Waals surface area contributed by atoms with Crippen LogP contribution in [0, 0.1) is 12.7 Å². The molecule has 88 valence electrons. The fraction of sp³-hybridized carbons (Fsp3) is 0.250. The fourth-order valence-corrected chi connectivity index (χ4v) is 1.53. The van der Waals surface area contributed by atoms with Crippen molar-refractivity contribution in [2.75, 3.05) is 12.4 Å². The van der Waals surface area contributed by atoms with E-state index in [1.54, 1.807) is 20.2 Å².